The predicted molar refractivity (Wildman–Crippen MR) is 114 cm³/mol. The topological polar surface area (TPSA) is 56.4 Å². The Morgan fingerprint density at radius 2 is 1.04 bits per heavy atom. The van der Waals surface area contributed by atoms with Crippen LogP contribution in [0.2, 0.25) is 0 Å². The van der Waals surface area contributed by atoms with Gasteiger partial charge in [-0.25, -0.2) is 0 Å². The molecule has 0 aromatic heterocycles. The first-order valence-corrected chi connectivity index (χ1v) is 8.99. The van der Waals surface area contributed by atoms with E-state index in [0.717, 1.165) is 65.7 Å². The number of hydrogen-bond acceptors (Lipinski definition) is 4. The summed E-state index contributed by atoms with van der Waals surface area (Å²) < 4.78 is 11.0. The van der Waals surface area contributed by atoms with Crippen molar-refractivity contribution in [3.05, 3.63) is 47.5 Å². The highest BCUT2D eigenvalue weighted by molar-refractivity contribution is 5.85. The van der Waals surface area contributed by atoms with Gasteiger partial charge in [-0.1, -0.05) is 24.3 Å². The van der Waals surface area contributed by atoms with E-state index in [2.05, 4.69) is 46.2 Å². The Morgan fingerprint density at radius 3 is 1.41 bits per heavy atom. The molecule has 5 nitrogen and oxygen atoms in total. The van der Waals surface area contributed by atoms with Gasteiger partial charge < -0.3 is 14.9 Å². The summed E-state index contributed by atoms with van der Waals surface area (Å²) in [6.07, 6.45) is 0. The van der Waals surface area contributed by atoms with E-state index < -0.39 is 0 Å². The third-order valence-corrected chi connectivity index (χ3v) is 5.06. The molecule has 0 amide bonds. The van der Waals surface area contributed by atoms with Crippen LogP contribution in [0.4, 0.5) is 0 Å². The number of nitrogens with zero attached hydrogens (tertiary/aromatic N) is 2. The SMILES string of the molecule is Cl.Cl.O.c1ccc2cc(CN3CCOCC3)c(CN3CCOCC3)cc2c1. The van der Waals surface area contributed by atoms with Gasteiger partial charge in [0.15, 0.2) is 0 Å². The van der Waals surface area contributed by atoms with E-state index in [4.69, 9.17) is 9.47 Å². The highest BCUT2D eigenvalue weighted by atomic mass is 35.5. The fraction of sp³-hybridized carbons (Fsp3) is 0.500. The van der Waals surface area contributed by atoms with Crippen LogP contribution in [-0.2, 0) is 22.6 Å². The Kier molecular flexibility index (Phi) is 10.6. The van der Waals surface area contributed by atoms with Gasteiger partial charge >= 0.3 is 0 Å². The maximum atomic E-state index is 5.50. The number of morpholine rings is 2. The molecule has 0 aliphatic carbocycles. The van der Waals surface area contributed by atoms with Crippen molar-refractivity contribution in [1.29, 1.82) is 0 Å². The molecule has 0 radical (unpaired) electrons. The summed E-state index contributed by atoms with van der Waals surface area (Å²) in [4.78, 5) is 5.02. The van der Waals surface area contributed by atoms with E-state index in [9.17, 15) is 0 Å². The molecule has 4 rings (SSSR count). The molecule has 2 saturated heterocycles. The zero-order valence-electron chi connectivity index (χ0n) is 15.6. The predicted octanol–water partition coefficient (Wildman–Crippen LogP) is 2.52. The highest BCUT2D eigenvalue weighted by Crippen LogP contribution is 2.23. The van der Waals surface area contributed by atoms with Gasteiger partial charge in [0.1, 0.15) is 0 Å². The number of fused-ring (bicyclic) bond motifs is 1. The van der Waals surface area contributed by atoms with Gasteiger partial charge in [-0.2, -0.15) is 0 Å². The lowest BCUT2D eigenvalue weighted by atomic mass is 9.99. The Labute approximate surface area is 173 Å². The molecular formula is C20H30Cl2N2O3. The van der Waals surface area contributed by atoms with Gasteiger partial charge in [0.05, 0.1) is 26.4 Å². The van der Waals surface area contributed by atoms with Crippen molar-refractivity contribution in [2.24, 2.45) is 0 Å². The van der Waals surface area contributed by atoms with Gasteiger partial charge in [-0.05, 0) is 34.0 Å². The molecule has 152 valence electrons. The fourth-order valence-electron chi connectivity index (χ4n) is 3.63. The summed E-state index contributed by atoms with van der Waals surface area (Å²) in [5.74, 6) is 0. The lowest BCUT2D eigenvalue weighted by Gasteiger charge is -2.30. The molecule has 2 aromatic rings. The molecule has 2 aromatic carbocycles. The van der Waals surface area contributed by atoms with Crippen LogP contribution >= 0.6 is 24.8 Å². The van der Waals surface area contributed by atoms with Crippen LogP contribution in [0.25, 0.3) is 10.8 Å². The molecule has 0 atom stereocenters. The molecule has 2 fully saturated rings. The minimum Gasteiger partial charge on any atom is -0.412 e. The third kappa shape index (κ3) is 6.29. The van der Waals surface area contributed by atoms with Crippen LogP contribution in [-0.4, -0.2) is 67.9 Å². The molecule has 7 heteroatoms. The second kappa shape index (κ2) is 11.8. The number of benzene rings is 2. The van der Waals surface area contributed by atoms with E-state index in [0.29, 0.717) is 0 Å². The average Bonchev–Trinajstić information content (AvgIpc) is 2.64. The maximum absolute atomic E-state index is 5.50. The summed E-state index contributed by atoms with van der Waals surface area (Å²) >= 11 is 0. The van der Waals surface area contributed by atoms with E-state index in [-0.39, 0.29) is 30.3 Å². The number of ether oxygens (including phenoxy) is 2. The van der Waals surface area contributed by atoms with Crippen LogP contribution in [0.15, 0.2) is 36.4 Å². The molecule has 0 spiro atoms. The summed E-state index contributed by atoms with van der Waals surface area (Å²) in [7, 11) is 0. The zero-order valence-corrected chi connectivity index (χ0v) is 17.2. The first kappa shape index (κ1) is 24.1. The lowest BCUT2D eigenvalue weighted by molar-refractivity contribution is 0.0309. The monoisotopic (exact) mass is 416 g/mol. The molecule has 2 N–H and O–H groups in total. The van der Waals surface area contributed by atoms with E-state index in [1.165, 1.54) is 21.9 Å². The number of halogens is 2. The average molecular weight is 417 g/mol. The van der Waals surface area contributed by atoms with Gasteiger partial charge in [0.25, 0.3) is 0 Å². The Bertz CT molecular complexity index is 631. The summed E-state index contributed by atoms with van der Waals surface area (Å²) in [6, 6.07) is 13.5. The Hall–Kier alpha value is -0.920. The minimum absolute atomic E-state index is 0. The van der Waals surface area contributed by atoms with Crippen molar-refractivity contribution in [2.75, 3.05) is 52.6 Å². The first-order valence-electron chi connectivity index (χ1n) is 8.99. The smallest absolute Gasteiger partial charge is 0.0594 e. The van der Waals surface area contributed by atoms with E-state index in [1.54, 1.807) is 0 Å². The van der Waals surface area contributed by atoms with Crippen LogP contribution in [0.5, 0.6) is 0 Å². The van der Waals surface area contributed by atoms with Crippen molar-refractivity contribution in [3.8, 4) is 0 Å². The molecule has 0 saturated carbocycles. The summed E-state index contributed by atoms with van der Waals surface area (Å²) in [5, 5.41) is 2.68. The number of hydrogen-bond donors (Lipinski definition) is 0. The first-order chi connectivity index (χ1) is 11.9. The van der Waals surface area contributed by atoms with Crippen molar-refractivity contribution in [3.63, 3.8) is 0 Å². The van der Waals surface area contributed by atoms with Crippen LogP contribution in [0.1, 0.15) is 11.1 Å². The third-order valence-electron chi connectivity index (χ3n) is 5.06. The molecule has 0 bridgehead atoms. The normalized spacial score (nSPS) is 18.2. The van der Waals surface area contributed by atoms with Gasteiger partial charge in [-0.3, -0.25) is 9.80 Å². The van der Waals surface area contributed by atoms with Gasteiger partial charge in [0.2, 0.25) is 0 Å². The molecule has 2 aliphatic rings. The van der Waals surface area contributed by atoms with Crippen molar-refractivity contribution < 1.29 is 14.9 Å². The quantitative estimate of drug-likeness (QED) is 0.767. The van der Waals surface area contributed by atoms with E-state index >= 15 is 0 Å². The molecular weight excluding hydrogens is 387 g/mol. The highest BCUT2D eigenvalue weighted by Gasteiger charge is 2.17. The minimum atomic E-state index is 0. The molecule has 2 heterocycles. The summed E-state index contributed by atoms with van der Waals surface area (Å²) in [6.45, 7) is 9.58. The zero-order chi connectivity index (χ0) is 16.2. The summed E-state index contributed by atoms with van der Waals surface area (Å²) in [5.41, 5.74) is 2.92. The van der Waals surface area contributed by atoms with Gasteiger partial charge in [0, 0.05) is 39.3 Å². The Balaban J connectivity index is 0.00000121. The standard InChI is InChI=1S/C20H26N2O2.2ClH.H2O/c1-2-4-18-14-20(16-22-7-11-24-12-8-22)19(13-17(18)3-1)15-21-5-9-23-10-6-21;;;/h1-4,13-14H,5-12,15-16H2;2*1H;1H2. The van der Waals surface area contributed by atoms with E-state index in [1.807, 2.05) is 0 Å². The maximum Gasteiger partial charge on any atom is 0.0594 e. The van der Waals surface area contributed by atoms with Crippen molar-refractivity contribution in [2.45, 2.75) is 13.1 Å². The molecule has 2 aliphatic heterocycles. The molecule has 27 heavy (non-hydrogen) atoms. The second-order valence-corrected chi connectivity index (χ2v) is 6.75. The second-order valence-electron chi connectivity index (χ2n) is 6.75. The van der Waals surface area contributed by atoms with Gasteiger partial charge in [-0.15, -0.1) is 24.8 Å². The van der Waals surface area contributed by atoms with Crippen LogP contribution in [0.3, 0.4) is 0 Å². The van der Waals surface area contributed by atoms with Crippen LogP contribution < -0.4 is 0 Å². The van der Waals surface area contributed by atoms with Crippen LogP contribution in [0, 0.1) is 0 Å². The Morgan fingerprint density at radius 1 is 0.667 bits per heavy atom. The largest absolute Gasteiger partial charge is 0.412 e. The lowest BCUT2D eigenvalue weighted by Crippen LogP contribution is -2.37. The van der Waals surface area contributed by atoms with Crippen molar-refractivity contribution >= 4 is 35.6 Å². The molecule has 0 unspecified atom stereocenters. The van der Waals surface area contributed by atoms with Crippen molar-refractivity contribution in [1.82, 2.24) is 9.80 Å². The number of rotatable bonds is 4. The fourth-order valence-corrected chi connectivity index (χ4v) is 3.63.